The van der Waals surface area contributed by atoms with Gasteiger partial charge in [0.15, 0.2) is 5.82 Å². The van der Waals surface area contributed by atoms with Gasteiger partial charge in [-0.25, -0.2) is 9.78 Å². The minimum Gasteiger partial charge on any atom is -0.465 e. The number of rotatable bonds is 3. The lowest BCUT2D eigenvalue weighted by Crippen LogP contribution is -2.00. The van der Waals surface area contributed by atoms with E-state index in [1.165, 1.54) is 7.11 Å². The Morgan fingerprint density at radius 2 is 1.80 bits per heavy atom. The van der Waals surface area contributed by atoms with Gasteiger partial charge in [-0.3, -0.25) is 0 Å². The Bertz CT molecular complexity index is 670. The first-order chi connectivity index (χ1) is 9.61. The van der Waals surface area contributed by atoms with E-state index in [-0.39, 0.29) is 5.82 Å². The number of anilines is 2. The Morgan fingerprint density at radius 1 is 1.10 bits per heavy atom. The third-order valence-electron chi connectivity index (χ3n) is 2.50. The fourth-order valence-corrected chi connectivity index (χ4v) is 1.52. The molecule has 1 aromatic heterocycles. The highest BCUT2D eigenvalue weighted by Crippen LogP contribution is 2.26. The molecule has 7 heteroatoms. The first kappa shape index (κ1) is 13.5. The third-order valence-corrected chi connectivity index (χ3v) is 2.50. The van der Waals surface area contributed by atoms with Crippen molar-refractivity contribution in [3.8, 4) is 0 Å². The monoisotopic (exact) mass is 271 g/mol. The van der Waals surface area contributed by atoms with Crippen LogP contribution < -0.4 is 11.5 Å². The first-order valence-electron chi connectivity index (χ1n) is 5.73. The van der Waals surface area contributed by atoms with Gasteiger partial charge < -0.3 is 16.2 Å². The summed E-state index contributed by atoms with van der Waals surface area (Å²) in [6, 6.07) is 9.87. The number of hydrogen-bond acceptors (Lipinski definition) is 7. The Morgan fingerprint density at radius 3 is 2.50 bits per heavy atom. The van der Waals surface area contributed by atoms with Gasteiger partial charge in [-0.2, -0.15) is 0 Å². The van der Waals surface area contributed by atoms with Crippen molar-refractivity contribution in [3.63, 3.8) is 0 Å². The number of aromatic nitrogens is 1. The van der Waals surface area contributed by atoms with Crippen molar-refractivity contribution < 1.29 is 9.53 Å². The van der Waals surface area contributed by atoms with E-state index < -0.39 is 5.97 Å². The second kappa shape index (κ2) is 5.79. The van der Waals surface area contributed by atoms with Gasteiger partial charge in [0.2, 0.25) is 0 Å². The van der Waals surface area contributed by atoms with Crippen LogP contribution in [0.1, 0.15) is 10.4 Å². The van der Waals surface area contributed by atoms with Crippen LogP contribution in [0.3, 0.4) is 0 Å². The molecule has 0 atom stereocenters. The highest BCUT2D eigenvalue weighted by molar-refractivity contribution is 5.94. The minimum atomic E-state index is -0.483. The number of nitrogens with zero attached hydrogens (tertiary/aromatic N) is 3. The number of carbonyl (C=O) groups is 1. The fraction of sp³-hybridized carbons (Fsp3) is 0.0769. The second-order valence-electron chi connectivity index (χ2n) is 3.85. The molecule has 102 valence electrons. The number of azo groups is 1. The van der Waals surface area contributed by atoms with Gasteiger partial charge in [0.05, 0.1) is 12.7 Å². The SMILES string of the molecule is COC(=O)c1ccccc1N=Nc1ccc(N)nc1N. The van der Waals surface area contributed by atoms with E-state index in [1.807, 2.05) is 0 Å². The first-order valence-corrected chi connectivity index (χ1v) is 5.73. The van der Waals surface area contributed by atoms with Gasteiger partial charge in [-0.15, -0.1) is 10.2 Å². The van der Waals surface area contributed by atoms with E-state index in [9.17, 15) is 4.79 Å². The third kappa shape index (κ3) is 2.89. The molecule has 4 N–H and O–H groups in total. The Kier molecular flexibility index (Phi) is 3.90. The van der Waals surface area contributed by atoms with E-state index in [1.54, 1.807) is 36.4 Å². The molecule has 20 heavy (non-hydrogen) atoms. The van der Waals surface area contributed by atoms with Gasteiger partial charge >= 0.3 is 5.97 Å². The van der Waals surface area contributed by atoms with Crippen molar-refractivity contribution >= 4 is 29.0 Å². The number of esters is 1. The molecular formula is C13H13N5O2. The molecule has 0 aliphatic heterocycles. The van der Waals surface area contributed by atoms with Crippen LogP contribution in [0, 0.1) is 0 Å². The molecule has 0 aliphatic rings. The summed E-state index contributed by atoms with van der Waals surface area (Å²) in [6.07, 6.45) is 0. The van der Waals surface area contributed by atoms with Crippen LogP contribution in [-0.4, -0.2) is 18.1 Å². The van der Waals surface area contributed by atoms with E-state index in [2.05, 4.69) is 19.9 Å². The minimum absolute atomic E-state index is 0.171. The Hall–Kier alpha value is -2.96. The van der Waals surface area contributed by atoms with Crippen molar-refractivity contribution in [1.29, 1.82) is 0 Å². The normalized spacial score (nSPS) is 10.7. The number of ether oxygens (including phenoxy) is 1. The summed E-state index contributed by atoms with van der Waals surface area (Å²) in [5.41, 5.74) is 12.2. The van der Waals surface area contributed by atoms with Crippen molar-refractivity contribution in [2.75, 3.05) is 18.6 Å². The molecule has 0 amide bonds. The molecule has 0 saturated heterocycles. The van der Waals surface area contributed by atoms with Crippen LogP contribution in [0.25, 0.3) is 0 Å². The summed E-state index contributed by atoms with van der Waals surface area (Å²) in [5, 5.41) is 7.97. The topological polar surface area (TPSA) is 116 Å². The van der Waals surface area contributed by atoms with Crippen molar-refractivity contribution in [2.45, 2.75) is 0 Å². The van der Waals surface area contributed by atoms with Gasteiger partial charge in [0, 0.05) is 0 Å². The lowest BCUT2D eigenvalue weighted by atomic mass is 10.2. The summed E-state index contributed by atoms with van der Waals surface area (Å²) in [5.74, 6) is -0.0105. The smallest absolute Gasteiger partial charge is 0.340 e. The molecule has 1 heterocycles. The number of nitrogens with two attached hydrogens (primary N) is 2. The molecule has 0 spiro atoms. The van der Waals surface area contributed by atoms with E-state index >= 15 is 0 Å². The Labute approximate surface area is 115 Å². The number of hydrogen-bond donors (Lipinski definition) is 2. The van der Waals surface area contributed by atoms with Crippen LogP contribution in [-0.2, 0) is 4.74 Å². The lowest BCUT2D eigenvalue weighted by molar-refractivity contribution is 0.0601. The fourth-order valence-electron chi connectivity index (χ4n) is 1.52. The molecule has 1 aromatic carbocycles. The largest absolute Gasteiger partial charge is 0.465 e. The standard InChI is InChI=1S/C13H13N5O2/c1-20-13(19)8-4-2-3-5-9(8)17-18-10-6-7-11(14)16-12(10)15/h2-7H,1H3,(H4,14,15,16). The molecule has 2 aromatic rings. The van der Waals surface area contributed by atoms with Crippen molar-refractivity contribution in [3.05, 3.63) is 42.0 Å². The van der Waals surface area contributed by atoms with Crippen LogP contribution in [0.15, 0.2) is 46.6 Å². The second-order valence-corrected chi connectivity index (χ2v) is 3.85. The molecule has 0 fully saturated rings. The van der Waals surface area contributed by atoms with Crippen LogP contribution >= 0.6 is 0 Å². The molecule has 0 radical (unpaired) electrons. The molecule has 7 nitrogen and oxygen atoms in total. The lowest BCUT2D eigenvalue weighted by Gasteiger charge is -2.02. The Balaban J connectivity index is 2.34. The van der Waals surface area contributed by atoms with E-state index in [0.29, 0.717) is 22.8 Å². The molecule has 0 aliphatic carbocycles. The summed E-state index contributed by atoms with van der Waals surface area (Å²) in [6.45, 7) is 0. The van der Waals surface area contributed by atoms with E-state index in [0.717, 1.165) is 0 Å². The van der Waals surface area contributed by atoms with Gasteiger partial charge in [0.25, 0.3) is 0 Å². The predicted octanol–water partition coefficient (Wildman–Crippen LogP) is 2.45. The highest BCUT2D eigenvalue weighted by atomic mass is 16.5. The average Bonchev–Trinajstić information content (AvgIpc) is 2.46. The summed E-state index contributed by atoms with van der Waals surface area (Å²) in [7, 11) is 1.30. The molecule has 0 bridgehead atoms. The van der Waals surface area contributed by atoms with Crippen LogP contribution in [0.2, 0.25) is 0 Å². The van der Waals surface area contributed by atoms with Crippen LogP contribution in [0.4, 0.5) is 23.0 Å². The zero-order valence-electron chi connectivity index (χ0n) is 10.8. The van der Waals surface area contributed by atoms with Crippen LogP contribution in [0.5, 0.6) is 0 Å². The maximum absolute atomic E-state index is 11.6. The number of methoxy groups -OCH3 is 1. The highest BCUT2D eigenvalue weighted by Gasteiger charge is 2.10. The number of pyridine rings is 1. The maximum atomic E-state index is 11.6. The van der Waals surface area contributed by atoms with Gasteiger partial charge in [-0.05, 0) is 24.3 Å². The number of carbonyl (C=O) groups excluding carboxylic acids is 1. The quantitative estimate of drug-likeness (QED) is 0.657. The molecule has 0 unspecified atom stereocenters. The van der Waals surface area contributed by atoms with Crippen molar-refractivity contribution in [1.82, 2.24) is 4.98 Å². The maximum Gasteiger partial charge on any atom is 0.340 e. The van der Waals surface area contributed by atoms with E-state index in [4.69, 9.17) is 11.5 Å². The van der Waals surface area contributed by atoms with Gasteiger partial charge in [0.1, 0.15) is 17.2 Å². The summed E-state index contributed by atoms with van der Waals surface area (Å²) >= 11 is 0. The summed E-state index contributed by atoms with van der Waals surface area (Å²) < 4.78 is 4.67. The summed E-state index contributed by atoms with van der Waals surface area (Å²) in [4.78, 5) is 15.4. The number of nitrogen functional groups attached to an aromatic ring is 2. The zero-order chi connectivity index (χ0) is 14.5. The van der Waals surface area contributed by atoms with Crippen molar-refractivity contribution in [2.24, 2.45) is 10.2 Å². The zero-order valence-corrected chi connectivity index (χ0v) is 10.8. The molecule has 0 saturated carbocycles. The number of benzene rings is 1. The average molecular weight is 271 g/mol. The predicted molar refractivity (Wildman–Crippen MR) is 75.0 cm³/mol. The molecular weight excluding hydrogens is 258 g/mol. The molecule has 2 rings (SSSR count). The van der Waals surface area contributed by atoms with Gasteiger partial charge in [-0.1, -0.05) is 12.1 Å².